The van der Waals surface area contributed by atoms with Crippen molar-refractivity contribution < 1.29 is 9.13 Å². The highest BCUT2D eigenvalue weighted by Crippen LogP contribution is 2.41. The Bertz CT molecular complexity index is 999. The molecule has 29 heavy (non-hydrogen) atoms. The summed E-state index contributed by atoms with van der Waals surface area (Å²) in [5.74, 6) is 0.762. The van der Waals surface area contributed by atoms with Crippen LogP contribution < -0.4 is 10.1 Å². The van der Waals surface area contributed by atoms with Crippen molar-refractivity contribution in [2.75, 3.05) is 11.1 Å². The number of thioether (sulfide) groups is 1. The highest BCUT2D eigenvalue weighted by molar-refractivity contribution is 7.99. The zero-order valence-electron chi connectivity index (χ0n) is 15.9. The Balaban J connectivity index is 1.73. The van der Waals surface area contributed by atoms with Crippen LogP contribution in [0.25, 0.3) is 11.3 Å². The molecule has 1 aromatic heterocycles. The number of nitrogens with one attached hydrogen (secondary N) is 1. The minimum atomic E-state index is -0.847. The fraction of sp³-hybridized carbons (Fsp3) is 0.286. The molecule has 1 aliphatic heterocycles. The molecule has 0 aliphatic carbocycles. The van der Waals surface area contributed by atoms with Crippen LogP contribution in [-0.2, 0) is 0 Å². The first-order chi connectivity index (χ1) is 14.2. The van der Waals surface area contributed by atoms with E-state index in [1.807, 2.05) is 24.3 Å². The molecule has 1 atom stereocenters. The number of rotatable bonds is 6. The number of benzene rings is 2. The van der Waals surface area contributed by atoms with Crippen molar-refractivity contribution in [2.45, 2.75) is 37.6 Å². The van der Waals surface area contributed by atoms with E-state index in [0.29, 0.717) is 16.7 Å². The normalized spacial score (nSPS) is 14.9. The molecule has 1 aliphatic rings. The molecular weight excluding hydrogens is 411 g/mol. The van der Waals surface area contributed by atoms with E-state index in [1.165, 1.54) is 17.8 Å². The summed E-state index contributed by atoms with van der Waals surface area (Å²) in [5.41, 5.74) is 2.28. The largest absolute Gasteiger partial charge is 0.448 e. The number of unbranched alkanes of at least 4 members (excludes halogenated alkanes) is 2. The standard InChI is InChI=1S/C21H20ClFN4OS/c1-2-3-6-12-29-21-25-20-18(26-27-21)13-8-4-5-11-16(13)24-19(28-20)17-14(22)9-7-10-15(17)23/h4-5,7-11,19,24H,2-3,6,12H2,1H3/t19-/m1/s1. The van der Waals surface area contributed by atoms with Crippen LogP contribution in [-0.4, -0.2) is 20.9 Å². The molecule has 4 rings (SSSR count). The lowest BCUT2D eigenvalue weighted by atomic mass is 10.1. The average molecular weight is 431 g/mol. The molecule has 0 fully saturated rings. The molecule has 1 N–H and O–H groups in total. The number of hydrogen-bond donors (Lipinski definition) is 1. The summed E-state index contributed by atoms with van der Waals surface area (Å²) in [5, 5.41) is 12.7. The smallest absolute Gasteiger partial charge is 0.247 e. The van der Waals surface area contributed by atoms with Gasteiger partial charge in [-0.1, -0.05) is 67.4 Å². The quantitative estimate of drug-likeness (QED) is 0.375. The fourth-order valence-electron chi connectivity index (χ4n) is 3.12. The first kappa shape index (κ1) is 19.9. The van der Waals surface area contributed by atoms with Gasteiger partial charge in [0.1, 0.15) is 5.82 Å². The topological polar surface area (TPSA) is 59.9 Å². The van der Waals surface area contributed by atoms with Gasteiger partial charge in [0.2, 0.25) is 17.3 Å². The Morgan fingerprint density at radius 1 is 1.14 bits per heavy atom. The predicted octanol–water partition coefficient (Wildman–Crippen LogP) is 6.12. The molecule has 0 amide bonds. The number of para-hydroxylation sites is 1. The van der Waals surface area contributed by atoms with Crippen molar-refractivity contribution in [3.05, 3.63) is 58.9 Å². The molecule has 0 bridgehead atoms. The van der Waals surface area contributed by atoms with Crippen molar-refractivity contribution in [3.63, 3.8) is 0 Å². The third-order valence-corrected chi connectivity index (χ3v) is 5.83. The van der Waals surface area contributed by atoms with Crippen LogP contribution >= 0.6 is 23.4 Å². The van der Waals surface area contributed by atoms with Gasteiger partial charge in [0.15, 0.2) is 5.69 Å². The van der Waals surface area contributed by atoms with Gasteiger partial charge in [0.25, 0.3) is 0 Å². The summed E-state index contributed by atoms with van der Waals surface area (Å²) in [6.07, 6.45) is 2.55. The summed E-state index contributed by atoms with van der Waals surface area (Å²) < 4.78 is 20.7. The third-order valence-electron chi connectivity index (χ3n) is 4.57. The number of halogens is 2. The Kier molecular flexibility index (Phi) is 6.16. The van der Waals surface area contributed by atoms with E-state index >= 15 is 0 Å². The number of nitrogens with zero attached hydrogens (tertiary/aromatic N) is 3. The Hall–Kier alpha value is -2.38. The summed E-state index contributed by atoms with van der Waals surface area (Å²) in [7, 11) is 0. The van der Waals surface area contributed by atoms with Crippen molar-refractivity contribution in [3.8, 4) is 17.1 Å². The minimum absolute atomic E-state index is 0.229. The van der Waals surface area contributed by atoms with Gasteiger partial charge >= 0.3 is 0 Å². The molecule has 0 unspecified atom stereocenters. The molecule has 150 valence electrons. The Morgan fingerprint density at radius 3 is 2.83 bits per heavy atom. The molecule has 0 saturated carbocycles. The van der Waals surface area contributed by atoms with Gasteiger partial charge in [-0.3, -0.25) is 0 Å². The summed E-state index contributed by atoms with van der Waals surface area (Å²) >= 11 is 7.83. The van der Waals surface area contributed by atoms with Gasteiger partial charge in [-0.05, 0) is 24.6 Å². The maximum atomic E-state index is 14.6. The fourth-order valence-corrected chi connectivity index (χ4v) is 4.15. The summed E-state index contributed by atoms with van der Waals surface area (Å²) in [6.45, 7) is 2.16. The lowest BCUT2D eigenvalue weighted by Crippen LogP contribution is -2.19. The molecule has 3 aromatic rings. The van der Waals surface area contributed by atoms with Crippen molar-refractivity contribution in [2.24, 2.45) is 0 Å². The van der Waals surface area contributed by atoms with E-state index in [-0.39, 0.29) is 10.6 Å². The predicted molar refractivity (Wildman–Crippen MR) is 114 cm³/mol. The third kappa shape index (κ3) is 4.31. The molecule has 0 spiro atoms. The number of aromatic nitrogens is 3. The van der Waals surface area contributed by atoms with E-state index in [9.17, 15) is 4.39 Å². The second-order valence-electron chi connectivity index (χ2n) is 6.63. The highest BCUT2D eigenvalue weighted by atomic mass is 35.5. The average Bonchev–Trinajstić information content (AvgIpc) is 2.87. The summed E-state index contributed by atoms with van der Waals surface area (Å²) in [4.78, 5) is 4.57. The van der Waals surface area contributed by atoms with Crippen LogP contribution in [0.15, 0.2) is 47.6 Å². The second-order valence-corrected chi connectivity index (χ2v) is 8.10. The SMILES string of the molecule is CCCCCSc1nnc2c(n1)O[C@H](c1c(F)cccc1Cl)Nc1ccccc1-2. The van der Waals surface area contributed by atoms with Crippen molar-refractivity contribution in [1.29, 1.82) is 0 Å². The van der Waals surface area contributed by atoms with Crippen LogP contribution in [0.1, 0.15) is 38.0 Å². The maximum absolute atomic E-state index is 14.6. The lowest BCUT2D eigenvalue weighted by molar-refractivity contribution is 0.220. The number of anilines is 1. The van der Waals surface area contributed by atoms with Crippen LogP contribution in [0.5, 0.6) is 5.88 Å². The first-order valence-electron chi connectivity index (χ1n) is 9.51. The zero-order chi connectivity index (χ0) is 20.2. The number of hydrogen-bond acceptors (Lipinski definition) is 6. The van der Waals surface area contributed by atoms with Gasteiger partial charge in [-0.2, -0.15) is 4.98 Å². The molecular formula is C21H20ClFN4OS. The van der Waals surface area contributed by atoms with Gasteiger partial charge < -0.3 is 10.1 Å². The van der Waals surface area contributed by atoms with Gasteiger partial charge in [0.05, 0.1) is 10.6 Å². The van der Waals surface area contributed by atoms with Crippen LogP contribution in [0.4, 0.5) is 10.1 Å². The Labute approximate surface area is 178 Å². The van der Waals surface area contributed by atoms with Gasteiger partial charge in [-0.25, -0.2) is 4.39 Å². The van der Waals surface area contributed by atoms with Gasteiger partial charge in [0, 0.05) is 17.0 Å². The van der Waals surface area contributed by atoms with E-state index in [4.69, 9.17) is 16.3 Å². The van der Waals surface area contributed by atoms with Gasteiger partial charge in [-0.15, -0.1) is 10.2 Å². The zero-order valence-corrected chi connectivity index (χ0v) is 17.4. The summed E-state index contributed by atoms with van der Waals surface area (Å²) in [6, 6.07) is 12.1. The van der Waals surface area contributed by atoms with E-state index in [0.717, 1.165) is 36.3 Å². The molecule has 0 radical (unpaired) electrons. The number of ether oxygens (including phenoxy) is 1. The van der Waals surface area contributed by atoms with Crippen molar-refractivity contribution in [1.82, 2.24) is 15.2 Å². The maximum Gasteiger partial charge on any atom is 0.247 e. The van der Waals surface area contributed by atoms with Crippen LogP contribution in [0.3, 0.4) is 0 Å². The highest BCUT2D eigenvalue weighted by Gasteiger charge is 2.29. The lowest BCUT2D eigenvalue weighted by Gasteiger charge is -2.20. The first-order valence-corrected chi connectivity index (χ1v) is 10.9. The van der Waals surface area contributed by atoms with E-state index < -0.39 is 12.0 Å². The molecule has 5 nitrogen and oxygen atoms in total. The number of fused-ring (bicyclic) bond motifs is 3. The molecule has 2 heterocycles. The molecule has 0 saturated heterocycles. The Morgan fingerprint density at radius 2 is 2.00 bits per heavy atom. The minimum Gasteiger partial charge on any atom is -0.448 e. The van der Waals surface area contributed by atoms with Crippen LogP contribution in [0.2, 0.25) is 5.02 Å². The van der Waals surface area contributed by atoms with E-state index in [2.05, 4.69) is 27.4 Å². The van der Waals surface area contributed by atoms with Crippen molar-refractivity contribution >= 4 is 29.1 Å². The second kappa shape index (κ2) is 8.97. The van der Waals surface area contributed by atoms with Crippen LogP contribution in [0, 0.1) is 5.82 Å². The van der Waals surface area contributed by atoms with E-state index in [1.54, 1.807) is 12.1 Å². The molecule has 8 heteroatoms. The monoisotopic (exact) mass is 430 g/mol. The molecule has 2 aromatic carbocycles.